The zero-order valence-corrected chi connectivity index (χ0v) is 11.3. The Balaban J connectivity index is 3.63. The summed E-state index contributed by atoms with van der Waals surface area (Å²) in [7, 11) is -1.60. The van der Waals surface area contributed by atoms with E-state index in [9.17, 15) is 13.4 Å². The average Bonchev–Trinajstić information content (AvgIpc) is 2.14. The Labute approximate surface area is 110 Å². The summed E-state index contributed by atoms with van der Waals surface area (Å²) in [5.41, 5.74) is -0.0557. The molecule has 0 radical (unpaired) electrons. The van der Waals surface area contributed by atoms with Gasteiger partial charge in [0.2, 0.25) is 0 Å². The minimum absolute atomic E-state index is 0.0115. The van der Waals surface area contributed by atoms with Crippen LogP contribution in [0.2, 0.25) is 0 Å². The molecule has 0 aliphatic rings. The van der Waals surface area contributed by atoms with Crippen molar-refractivity contribution < 1.29 is 18.5 Å². The second kappa shape index (κ2) is 4.92. The minimum atomic E-state index is -2.71. The molecule has 3 nitrogen and oxygen atoms in total. The average molecular weight is 299 g/mol. The van der Waals surface area contributed by atoms with Crippen molar-refractivity contribution in [3.8, 4) is 0 Å². The van der Waals surface area contributed by atoms with Crippen LogP contribution >= 0.6 is 23.2 Å². The molecule has 1 N–H and O–H groups in total. The van der Waals surface area contributed by atoms with Gasteiger partial charge in [0.05, 0.1) is 21.3 Å². The molecule has 0 amide bonds. The third kappa shape index (κ3) is 2.97. The molecule has 17 heavy (non-hydrogen) atoms. The van der Waals surface area contributed by atoms with Crippen LogP contribution in [0.1, 0.15) is 21.5 Å². The molecule has 0 unspecified atom stereocenters. The van der Waals surface area contributed by atoms with Crippen molar-refractivity contribution >= 4 is 40.0 Å². The summed E-state index contributed by atoms with van der Waals surface area (Å²) < 4.78 is 22.3. The van der Waals surface area contributed by atoms with Crippen LogP contribution in [0.25, 0.3) is 0 Å². The molecule has 0 aromatic heterocycles. The van der Waals surface area contributed by atoms with Gasteiger partial charge in [-0.2, -0.15) is 0 Å². The van der Waals surface area contributed by atoms with E-state index in [2.05, 4.69) is 0 Å². The van der Waals surface area contributed by atoms with E-state index in [1.807, 2.05) is 0 Å². The lowest BCUT2D eigenvalue weighted by molar-refractivity contribution is 0.0695. The molecule has 7 heteroatoms. The van der Waals surface area contributed by atoms with Crippen molar-refractivity contribution in [2.75, 3.05) is 6.26 Å². The smallest absolute Gasteiger partial charge is 0.335 e. The van der Waals surface area contributed by atoms with Crippen molar-refractivity contribution in [3.05, 3.63) is 28.8 Å². The maximum Gasteiger partial charge on any atom is 0.335 e. The molecular weight excluding hydrogens is 290 g/mol. The molecule has 0 saturated heterocycles. The number of halogens is 3. The zero-order chi connectivity index (χ0) is 13.4. The van der Waals surface area contributed by atoms with E-state index in [4.69, 9.17) is 28.3 Å². The fourth-order valence-corrected chi connectivity index (χ4v) is 3.00. The number of benzene rings is 1. The van der Waals surface area contributed by atoms with E-state index in [1.54, 1.807) is 0 Å². The highest BCUT2D eigenvalue weighted by Gasteiger charge is 2.31. The maximum absolute atomic E-state index is 13.5. The first-order valence-electron chi connectivity index (χ1n) is 4.43. The highest BCUT2D eigenvalue weighted by atomic mass is 35.5. The Bertz CT molecular complexity index is 497. The molecule has 0 saturated carbocycles. The highest BCUT2D eigenvalue weighted by Crippen LogP contribution is 2.40. The SMILES string of the molecule is Cc1c(C(=O)O)ccc(C(F)(Cl)Cl)c1[S@@](C)=O. The van der Waals surface area contributed by atoms with Crippen LogP contribution in [-0.2, 0) is 15.4 Å². The van der Waals surface area contributed by atoms with Crippen LogP contribution in [-0.4, -0.2) is 21.5 Å². The predicted octanol–water partition coefficient (Wildman–Crippen LogP) is 2.99. The molecule has 94 valence electrons. The number of rotatable bonds is 3. The first-order chi connectivity index (χ1) is 7.66. The molecular formula is C10H9Cl2FO3S. The van der Waals surface area contributed by atoms with E-state index in [1.165, 1.54) is 19.2 Å². The second-order valence-corrected chi connectivity index (χ2v) is 5.92. The van der Waals surface area contributed by atoms with Crippen LogP contribution in [0.4, 0.5) is 4.39 Å². The summed E-state index contributed by atoms with van der Waals surface area (Å²) in [4.78, 5) is 10.9. The van der Waals surface area contributed by atoms with E-state index in [0.717, 1.165) is 6.07 Å². The van der Waals surface area contributed by atoms with Gasteiger partial charge in [0.1, 0.15) is 0 Å². The van der Waals surface area contributed by atoms with Gasteiger partial charge < -0.3 is 5.11 Å². The van der Waals surface area contributed by atoms with Crippen molar-refractivity contribution in [3.63, 3.8) is 0 Å². The Morgan fingerprint density at radius 2 is 2.00 bits per heavy atom. The van der Waals surface area contributed by atoms with Crippen molar-refractivity contribution in [1.82, 2.24) is 0 Å². The van der Waals surface area contributed by atoms with E-state index in [-0.39, 0.29) is 21.6 Å². The molecule has 0 heterocycles. The van der Waals surface area contributed by atoms with Crippen molar-refractivity contribution in [2.45, 2.75) is 16.4 Å². The summed E-state index contributed by atoms with van der Waals surface area (Å²) >= 11 is 10.7. The minimum Gasteiger partial charge on any atom is -0.478 e. The van der Waals surface area contributed by atoms with Crippen LogP contribution in [0, 0.1) is 6.92 Å². The topological polar surface area (TPSA) is 54.4 Å². The fraction of sp³-hybridized carbons (Fsp3) is 0.300. The monoisotopic (exact) mass is 298 g/mol. The van der Waals surface area contributed by atoms with Crippen LogP contribution < -0.4 is 0 Å². The summed E-state index contributed by atoms with van der Waals surface area (Å²) in [6.07, 6.45) is 1.30. The molecule has 1 aromatic rings. The van der Waals surface area contributed by atoms with Crippen LogP contribution in [0.5, 0.6) is 0 Å². The van der Waals surface area contributed by atoms with Gasteiger partial charge in [-0.1, -0.05) is 29.3 Å². The van der Waals surface area contributed by atoms with Gasteiger partial charge in [0, 0.05) is 11.8 Å². The van der Waals surface area contributed by atoms with Crippen LogP contribution in [0.3, 0.4) is 0 Å². The van der Waals surface area contributed by atoms with Crippen LogP contribution in [0.15, 0.2) is 17.0 Å². The van der Waals surface area contributed by atoms with E-state index >= 15 is 0 Å². The first-order valence-corrected chi connectivity index (χ1v) is 6.75. The molecule has 0 aliphatic carbocycles. The van der Waals surface area contributed by atoms with Gasteiger partial charge in [-0.15, -0.1) is 0 Å². The lowest BCUT2D eigenvalue weighted by atomic mass is 10.1. The largest absolute Gasteiger partial charge is 0.478 e. The van der Waals surface area contributed by atoms with Gasteiger partial charge in [0.25, 0.3) is 4.59 Å². The fourth-order valence-electron chi connectivity index (χ4n) is 1.52. The summed E-state index contributed by atoms with van der Waals surface area (Å²) in [5.74, 6) is -1.19. The lowest BCUT2D eigenvalue weighted by Gasteiger charge is -2.17. The van der Waals surface area contributed by atoms with Crippen molar-refractivity contribution in [1.29, 1.82) is 0 Å². The predicted molar refractivity (Wildman–Crippen MR) is 65.0 cm³/mol. The number of hydrogen-bond acceptors (Lipinski definition) is 2. The van der Waals surface area contributed by atoms with E-state index in [0.29, 0.717) is 0 Å². The Morgan fingerprint density at radius 3 is 2.35 bits per heavy atom. The van der Waals surface area contributed by atoms with E-state index < -0.39 is 21.4 Å². The number of aromatic carboxylic acids is 1. The van der Waals surface area contributed by atoms with Crippen molar-refractivity contribution in [2.24, 2.45) is 0 Å². The van der Waals surface area contributed by atoms with Gasteiger partial charge in [-0.25, -0.2) is 9.18 Å². The standard InChI is InChI=1S/C10H9Cl2FO3S/c1-5-6(9(14)15)3-4-7(10(11,12)13)8(5)17(2)16/h3-4H,1-2H3,(H,14,15)/t17-/m1/s1. The zero-order valence-electron chi connectivity index (χ0n) is 8.96. The molecule has 1 aromatic carbocycles. The van der Waals surface area contributed by atoms with Gasteiger partial charge in [0.15, 0.2) is 0 Å². The number of carboxylic acids is 1. The molecule has 1 rings (SSSR count). The maximum atomic E-state index is 13.5. The third-order valence-corrected chi connectivity index (χ3v) is 3.74. The molecule has 0 aliphatic heterocycles. The normalized spacial score (nSPS) is 13.5. The lowest BCUT2D eigenvalue weighted by Crippen LogP contribution is -2.12. The molecule has 0 fully saturated rings. The third-order valence-electron chi connectivity index (χ3n) is 2.23. The number of alkyl halides is 3. The quantitative estimate of drug-likeness (QED) is 0.873. The molecule has 0 spiro atoms. The summed E-state index contributed by atoms with van der Waals surface area (Å²) in [6.45, 7) is 1.43. The first kappa shape index (κ1) is 14.4. The number of carboxylic acid groups (broad SMARTS) is 1. The Kier molecular flexibility index (Phi) is 4.17. The highest BCUT2D eigenvalue weighted by molar-refractivity contribution is 7.84. The van der Waals surface area contributed by atoms with Gasteiger partial charge >= 0.3 is 5.97 Å². The Morgan fingerprint density at radius 1 is 1.47 bits per heavy atom. The van der Waals surface area contributed by atoms with Gasteiger partial charge in [-0.05, 0) is 18.6 Å². The summed E-state index contributed by atoms with van der Waals surface area (Å²) in [5, 5.41) is 8.91. The molecule has 1 atom stereocenters. The number of hydrogen-bond donors (Lipinski definition) is 1. The summed E-state index contributed by atoms with van der Waals surface area (Å²) in [6, 6.07) is 2.32. The molecule has 0 bridgehead atoms. The Hall–Kier alpha value is -0.650. The van der Waals surface area contributed by atoms with Gasteiger partial charge in [-0.3, -0.25) is 4.21 Å². The number of carbonyl (C=O) groups is 1. The second-order valence-electron chi connectivity index (χ2n) is 3.37.